The summed E-state index contributed by atoms with van der Waals surface area (Å²) in [6, 6.07) is -0.966. The van der Waals surface area contributed by atoms with Gasteiger partial charge in [0, 0.05) is 18.5 Å². The molecule has 3 N–H and O–H groups in total. The average Bonchev–Trinajstić information content (AvgIpc) is 2.94. The van der Waals surface area contributed by atoms with E-state index in [1.165, 1.54) is 0 Å². The molecule has 128 valence electrons. The van der Waals surface area contributed by atoms with E-state index in [-0.39, 0.29) is 24.0 Å². The second-order valence-corrected chi connectivity index (χ2v) is 6.71. The van der Waals surface area contributed by atoms with Crippen molar-refractivity contribution in [2.75, 3.05) is 6.61 Å². The Morgan fingerprint density at radius 3 is 2.61 bits per heavy atom. The first-order chi connectivity index (χ1) is 10.8. The first-order valence-corrected chi connectivity index (χ1v) is 7.96. The van der Waals surface area contributed by atoms with Gasteiger partial charge in [-0.2, -0.15) is 0 Å². The predicted molar refractivity (Wildman–Crippen MR) is 82.3 cm³/mol. The molecule has 0 aromatic heterocycles. The smallest absolute Gasteiger partial charge is 0.287 e. The molecule has 1 heterocycles. The Hall–Kier alpha value is -1.89. The van der Waals surface area contributed by atoms with Gasteiger partial charge in [0.1, 0.15) is 11.6 Å². The Kier molecular flexibility index (Phi) is 5.41. The van der Waals surface area contributed by atoms with E-state index in [1.54, 1.807) is 13.8 Å². The van der Waals surface area contributed by atoms with Crippen LogP contribution in [0.3, 0.4) is 0 Å². The maximum atomic E-state index is 12.2. The summed E-state index contributed by atoms with van der Waals surface area (Å²) < 4.78 is 5.48. The molecule has 2 amide bonds. The number of ketones is 1. The SMILES string of the molecule is CC1(C)CC(=O)C=C(C(=O)N[C@@H](CO)C(=O)NC2CCCC2)O1. The second-order valence-electron chi connectivity index (χ2n) is 6.71. The number of nitrogens with one attached hydrogen (secondary N) is 2. The summed E-state index contributed by atoms with van der Waals surface area (Å²) in [5.41, 5.74) is -0.765. The van der Waals surface area contributed by atoms with Crippen molar-refractivity contribution in [2.24, 2.45) is 0 Å². The molecule has 2 aliphatic rings. The molecule has 1 aliphatic carbocycles. The van der Waals surface area contributed by atoms with Crippen molar-refractivity contribution in [1.29, 1.82) is 0 Å². The second kappa shape index (κ2) is 7.12. The summed E-state index contributed by atoms with van der Waals surface area (Å²) in [6.45, 7) is 2.90. The van der Waals surface area contributed by atoms with Crippen LogP contribution in [0, 0.1) is 0 Å². The predicted octanol–water partition coefficient (Wildman–Crippen LogP) is 0.174. The number of ether oxygens (including phenoxy) is 1. The number of hydrogen-bond donors (Lipinski definition) is 3. The van der Waals surface area contributed by atoms with Crippen LogP contribution < -0.4 is 10.6 Å². The third-order valence-electron chi connectivity index (χ3n) is 4.01. The van der Waals surface area contributed by atoms with Crippen LogP contribution in [0.1, 0.15) is 46.0 Å². The maximum Gasteiger partial charge on any atom is 0.287 e. The zero-order valence-corrected chi connectivity index (χ0v) is 13.6. The van der Waals surface area contributed by atoms with Crippen LogP contribution in [0.5, 0.6) is 0 Å². The van der Waals surface area contributed by atoms with Crippen molar-refractivity contribution in [3.8, 4) is 0 Å². The number of hydrogen-bond acceptors (Lipinski definition) is 5. The number of allylic oxidation sites excluding steroid dienone is 1. The van der Waals surface area contributed by atoms with Gasteiger partial charge in [-0.1, -0.05) is 12.8 Å². The highest BCUT2D eigenvalue weighted by Gasteiger charge is 2.33. The van der Waals surface area contributed by atoms with Crippen molar-refractivity contribution in [1.82, 2.24) is 10.6 Å². The van der Waals surface area contributed by atoms with Crippen LogP contribution in [0.15, 0.2) is 11.8 Å². The summed E-state index contributed by atoms with van der Waals surface area (Å²) >= 11 is 0. The number of aliphatic hydroxyl groups excluding tert-OH is 1. The number of carbonyl (C=O) groups is 3. The van der Waals surface area contributed by atoms with E-state index >= 15 is 0 Å². The molecule has 0 bridgehead atoms. The highest BCUT2D eigenvalue weighted by atomic mass is 16.5. The molecule has 1 fully saturated rings. The van der Waals surface area contributed by atoms with Crippen LogP contribution in [0.2, 0.25) is 0 Å². The van der Waals surface area contributed by atoms with Crippen LogP contribution in [-0.4, -0.2) is 47.0 Å². The van der Waals surface area contributed by atoms with Crippen LogP contribution in [0.25, 0.3) is 0 Å². The highest BCUT2D eigenvalue weighted by molar-refractivity contribution is 6.03. The van der Waals surface area contributed by atoms with Gasteiger partial charge in [-0.3, -0.25) is 14.4 Å². The first-order valence-electron chi connectivity index (χ1n) is 7.96. The van der Waals surface area contributed by atoms with Gasteiger partial charge in [0.2, 0.25) is 5.91 Å². The minimum absolute atomic E-state index is 0.0964. The lowest BCUT2D eigenvalue weighted by molar-refractivity contribution is -0.134. The Labute approximate surface area is 135 Å². The molecule has 1 atom stereocenters. The molecule has 0 unspecified atom stereocenters. The molecule has 7 heteroatoms. The molecule has 0 aromatic rings. The van der Waals surface area contributed by atoms with Crippen LogP contribution in [0.4, 0.5) is 0 Å². The van der Waals surface area contributed by atoms with Crippen molar-refractivity contribution < 1.29 is 24.2 Å². The maximum absolute atomic E-state index is 12.2. The van der Waals surface area contributed by atoms with Gasteiger partial charge < -0.3 is 20.5 Å². The quantitative estimate of drug-likeness (QED) is 0.669. The summed E-state index contributed by atoms with van der Waals surface area (Å²) in [5.74, 6) is -1.43. The lowest BCUT2D eigenvalue weighted by Gasteiger charge is -2.30. The largest absolute Gasteiger partial charge is 0.482 e. The fourth-order valence-corrected chi connectivity index (χ4v) is 2.89. The summed E-state index contributed by atoms with van der Waals surface area (Å²) in [5, 5.41) is 14.6. The molecular formula is C16H24N2O5. The zero-order chi connectivity index (χ0) is 17.0. The average molecular weight is 324 g/mol. The van der Waals surface area contributed by atoms with E-state index in [9.17, 15) is 19.5 Å². The van der Waals surface area contributed by atoms with Gasteiger partial charge in [-0.15, -0.1) is 0 Å². The summed E-state index contributed by atoms with van der Waals surface area (Å²) in [7, 11) is 0. The van der Waals surface area contributed by atoms with Gasteiger partial charge in [-0.25, -0.2) is 0 Å². The lowest BCUT2D eigenvalue weighted by atomic mass is 9.98. The number of carbonyl (C=O) groups excluding carboxylic acids is 3. The van der Waals surface area contributed by atoms with E-state index < -0.39 is 30.1 Å². The Morgan fingerprint density at radius 2 is 2.04 bits per heavy atom. The topological polar surface area (TPSA) is 105 Å². The van der Waals surface area contributed by atoms with E-state index in [4.69, 9.17) is 4.74 Å². The molecule has 0 aromatic carbocycles. The third kappa shape index (κ3) is 4.79. The van der Waals surface area contributed by atoms with Crippen LogP contribution in [-0.2, 0) is 19.1 Å². The van der Waals surface area contributed by atoms with Gasteiger partial charge in [-0.05, 0) is 26.7 Å². The fourth-order valence-electron chi connectivity index (χ4n) is 2.89. The molecule has 0 radical (unpaired) electrons. The molecule has 0 spiro atoms. The van der Waals surface area contributed by atoms with Crippen molar-refractivity contribution in [2.45, 2.75) is 63.6 Å². The Bertz CT molecular complexity index is 521. The minimum Gasteiger partial charge on any atom is -0.482 e. The molecular weight excluding hydrogens is 300 g/mol. The summed E-state index contributed by atoms with van der Waals surface area (Å²) in [6.07, 6.45) is 5.28. The van der Waals surface area contributed by atoms with E-state index in [0.717, 1.165) is 31.8 Å². The molecule has 1 saturated carbocycles. The monoisotopic (exact) mass is 324 g/mol. The van der Waals surface area contributed by atoms with Gasteiger partial charge in [0.25, 0.3) is 5.91 Å². The zero-order valence-electron chi connectivity index (χ0n) is 13.6. The van der Waals surface area contributed by atoms with Crippen molar-refractivity contribution in [3.05, 3.63) is 11.8 Å². The Balaban J connectivity index is 1.96. The normalized spacial score (nSPS) is 22.0. The van der Waals surface area contributed by atoms with Crippen molar-refractivity contribution >= 4 is 17.6 Å². The van der Waals surface area contributed by atoms with E-state index in [1.807, 2.05) is 0 Å². The fraction of sp³-hybridized carbons (Fsp3) is 0.688. The Morgan fingerprint density at radius 1 is 1.39 bits per heavy atom. The van der Waals surface area contributed by atoms with Gasteiger partial charge in [0.15, 0.2) is 11.5 Å². The highest BCUT2D eigenvalue weighted by Crippen LogP contribution is 2.24. The lowest BCUT2D eigenvalue weighted by Crippen LogP contribution is -2.52. The first kappa shape index (κ1) is 17.5. The van der Waals surface area contributed by atoms with Crippen LogP contribution >= 0.6 is 0 Å². The van der Waals surface area contributed by atoms with E-state index in [0.29, 0.717) is 0 Å². The number of amides is 2. The summed E-state index contributed by atoms with van der Waals surface area (Å²) in [4.78, 5) is 36.0. The molecule has 7 nitrogen and oxygen atoms in total. The van der Waals surface area contributed by atoms with E-state index in [2.05, 4.69) is 10.6 Å². The standard InChI is InChI=1S/C16H24N2O5/c1-16(2)8-11(20)7-13(23-16)15(22)18-12(9-19)14(21)17-10-5-3-4-6-10/h7,10,12,19H,3-6,8-9H2,1-2H3,(H,17,21)(H,18,22)/t12-/m0/s1. The van der Waals surface area contributed by atoms with Gasteiger partial charge in [0.05, 0.1) is 6.61 Å². The number of rotatable bonds is 5. The third-order valence-corrected chi connectivity index (χ3v) is 4.01. The molecule has 2 rings (SSSR count). The molecule has 1 aliphatic heterocycles. The van der Waals surface area contributed by atoms with Gasteiger partial charge >= 0.3 is 0 Å². The molecule has 23 heavy (non-hydrogen) atoms. The molecule has 0 saturated heterocycles. The number of aliphatic hydroxyl groups is 1. The van der Waals surface area contributed by atoms with Crippen molar-refractivity contribution in [3.63, 3.8) is 0 Å². The minimum atomic E-state index is -1.06.